The largest absolute Gasteiger partial charge is 0.444 e. The summed E-state index contributed by atoms with van der Waals surface area (Å²) in [6, 6.07) is 5.98. The van der Waals surface area contributed by atoms with Crippen LogP contribution in [-0.2, 0) is 16.1 Å². The lowest BCUT2D eigenvalue weighted by atomic mass is 10.2. The summed E-state index contributed by atoms with van der Waals surface area (Å²) in [6.07, 6.45) is -0.459. The first-order valence-corrected chi connectivity index (χ1v) is 8.47. The van der Waals surface area contributed by atoms with Gasteiger partial charge >= 0.3 is 6.09 Å². The Kier molecular flexibility index (Phi) is 7.88. The molecular weight excluding hydrogens is 319 g/mol. The quantitative estimate of drug-likeness (QED) is 0.748. The number of amides is 2. The minimum Gasteiger partial charge on any atom is -0.444 e. The molecule has 0 saturated heterocycles. The fraction of sp³-hybridized carbons (Fsp3) is 0.500. The maximum atomic E-state index is 12.7. The molecule has 0 heterocycles. The van der Waals surface area contributed by atoms with E-state index in [1.807, 2.05) is 0 Å². The van der Waals surface area contributed by atoms with Crippen LogP contribution in [0.4, 0.5) is 9.18 Å². The number of alkyl carbamates (subject to hydrolysis) is 1. The van der Waals surface area contributed by atoms with Crippen LogP contribution < -0.4 is 10.6 Å². The number of nitrogens with one attached hydrogen (secondary N) is 2. The van der Waals surface area contributed by atoms with Gasteiger partial charge in [-0.05, 0) is 38.5 Å². The van der Waals surface area contributed by atoms with Crippen molar-refractivity contribution in [2.45, 2.75) is 32.9 Å². The molecule has 5 nitrogen and oxygen atoms in total. The molecule has 0 aliphatic heterocycles. The lowest BCUT2D eigenvalue weighted by molar-refractivity contribution is -0.118. The third kappa shape index (κ3) is 9.78. The Morgan fingerprint density at radius 3 is 2.43 bits per heavy atom. The van der Waals surface area contributed by atoms with E-state index in [9.17, 15) is 14.0 Å². The predicted octanol–water partition coefficient (Wildman–Crippen LogP) is 2.70. The average molecular weight is 342 g/mol. The van der Waals surface area contributed by atoms with Crippen LogP contribution >= 0.6 is 11.8 Å². The maximum Gasteiger partial charge on any atom is 0.407 e. The summed E-state index contributed by atoms with van der Waals surface area (Å²) in [5.74, 6) is 0.519. The van der Waals surface area contributed by atoms with Gasteiger partial charge in [-0.25, -0.2) is 9.18 Å². The van der Waals surface area contributed by atoms with Crippen molar-refractivity contribution < 1.29 is 18.7 Å². The summed E-state index contributed by atoms with van der Waals surface area (Å²) in [6.45, 7) is 6.20. The van der Waals surface area contributed by atoms with Crippen LogP contribution in [0.1, 0.15) is 26.3 Å². The number of carbonyl (C=O) groups excluding carboxylic acids is 2. The molecule has 0 bridgehead atoms. The second-order valence-corrected chi connectivity index (χ2v) is 6.99. The maximum absolute atomic E-state index is 12.7. The second kappa shape index (κ2) is 9.39. The molecule has 1 aromatic rings. The molecule has 0 radical (unpaired) electrons. The number of hydrogen-bond acceptors (Lipinski definition) is 4. The molecule has 0 unspecified atom stereocenters. The van der Waals surface area contributed by atoms with Crippen LogP contribution in [0.25, 0.3) is 0 Å². The number of halogens is 1. The monoisotopic (exact) mass is 342 g/mol. The number of benzene rings is 1. The van der Waals surface area contributed by atoms with Gasteiger partial charge in [0.05, 0.1) is 5.75 Å². The van der Waals surface area contributed by atoms with E-state index in [1.165, 1.54) is 23.9 Å². The summed E-state index contributed by atoms with van der Waals surface area (Å²) < 4.78 is 17.8. The molecule has 128 valence electrons. The first-order chi connectivity index (χ1) is 10.8. The topological polar surface area (TPSA) is 67.4 Å². The molecule has 0 aliphatic carbocycles. The number of rotatable bonds is 7. The van der Waals surface area contributed by atoms with E-state index in [0.29, 0.717) is 24.6 Å². The van der Waals surface area contributed by atoms with Crippen molar-refractivity contribution in [3.8, 4) is 0 Å². The Balaban J connectivity index is 2.08. The van der Waals surface area contributed by atoms with Gasteiger partial charge in [0.2, 0.25) is 5.91 Å². The fourth-order valence-corrected chi connectivity index (χ4v) is 2.24. The number of carbonyl (C=O) groups is 2. The summed E-state index contributed by atoms with van der Waals surface area (Å²) in [5.41, 5.74) is 0.327. The van der Waals surface area contributed by atoms with Gasteiger partial charge in [-0.15, -0.1) is 0 Å². The van der Waals surface area contributed by atoms with Gasteiger partial charge in [-0.1, -0.05) is 12.1 Å². The summed E-state index contributed by atoms with van der Waals surface area (Å²) in [4.78, 5) is 23.0. The molecule has 0 aromatic heterocycles. The standard InChI is InChI=1S/C16H23FN2O3S/c1-16(2,3)22-15(21)18-8-9-23-11-14(20)19-10-12-4-6-13(17)7-5-12/h4-7H,8-11H2,1-3H3,(H,18,21)(H,19,20). The van der Waals surface area contributed by atoms with Crippen molar-refractivity contribution in [2.24, 2.45) is 0 Å². The molecule has 1 aromatic carbocycles. The third-order valence-corrected chi connectivity index (χ3v) is 3.51. The Bertz CT molecular complexity index is 515. The first kappa shape index (κ1) is 19.3. The number of hydrogen-bond donors (Lipinski definition) is 2. The predicted molar refractivity (Wildman–Crippen MR) is 89.8 cm³/mol. The van der Waals surface area contributed by atoms with Crippen LogP contribution in [0.15, 0.2) is 24.3 Å². The highest BCUT2D eigenvalue weighted by Gasteiger charge is 2.15. The zero-order valence-electron chi connectivity index (χ0n) is 13.6. The molecular formula is C16H23FN2O3S. The van der Waals surface area contributed by atoms with Crippen molar-refractivity contribution in [3.63, 3.8) is 0 Å². The highest BCUT2D eigenvalue weighted by Crippen LogP contribution is 2.06. The summed E-state index contributed by atoms with van der Waals surface area (Å²) in [5, 5.41) is 5.38. The van der Waals surface area contributed by atoms with Gasteiger partial charge < -0.3 is 15.4 Å². The molecule has 2 amide bonds. The van der Waals surface area contributed by atoms with Crippen molar-refractivity contribution in [1.82, 2.24) is 10.6 Å². The third-order valence-electron chi connectivity index (χ3n) is 2.55. The van der Waals surface area contributed by atoms with E-state index >= 15 is 0 Å². The summed E-state index contributed by atoms with van der Waals surface area (Å²) >= 11 is 1.42. The van der Waals surface area contributed by atoms with E-state index < -0.39 is 11.7 Å². The Morgan fingerprint density at radius 2 is 1.83 bits per heavy atom. The van der Waals surface area contributed by atoms with Gasteiger partial charge in [0, 0.05) is 18.8 Å². The lowest BCUT2D eigenvalue weighted by Crippen LogP contribution is -2.33. The van der Waals surface area contributed by atoms with Gasteiger partial charge in [-0.3, -0.25) is 4.79 Å². The average Bonchev–Trinajstić information content (AvgIpc) is 2.44. The number of ether oxygens (including phenoxy) is 1. The fourth-order valence-electron chi connectivity index (χ4n) is 1.56. The smallest absolute Gasteiger partial charge is 0.407 e. The molecule has 0 aliphatic rings. The van der Waals surface area contributed by atoms with E-state index in [4.69, 9.17) is 4.74 Å². The van der Waals surface area contributed by atoms with E-state index in [1.54, 1.807) is 32.9 Å². The Morgan fingerprint density at radius 1 is 1.17 bits per heavy atom. The van der Waals surface area contributed by atoms with Crippen molar-refractivity contribution in [2.75, 3.05) is 18.1 Å². The highest BCUT2D eigenvalue weighted by atomic mass is 32.2. The van der Waals surface area contributed by atoms with Crippen LogP contribution in [0.3, 0.4) is 0 Å². The highest BCUT2D eigenvalue weighted by molar-refractivity contribution is 7.99. The molecule has 0 saturated carbocycles. The van der Waals surface area contributed by atoms with Gasteiger partial charge in [0.25, 0.3) is 0 Å². The molecule has 7 heteroatoms. The van der Waals surface area contributed by atoms with E-state index in [0.717, 1.165) is 5.56 Å². The van der Waals surface area contributed by atoms with Crippen molar-refractivity contribution >= 4 is 23.8 Å². The number of thioether (sulfide) groups is 1. The molecule has 0 spiro atoms. The second-order valence-electron chi connectivity index (χ2n) is 5.88. The normalized spacial score (nSPS) is 11.0. The van der Waals surface area contributed by atoms with Crippen molar-refractivity contribution in [3.05, 3.63) is 35.6 Å². The Labute approximate surface area is 140 Å². The first-order valence-electron chi connectivity index (χ1n) is 7.32. The van der Waals surface area contributed by atoms with E-state index in [-0.39, 0.29) is 11.7 Å². The molecule has 0 fully saturated rings. The van der Waals surface area contributed by atoms with Gasteiger partial charge in [-0.2, -0.15) is 11.8 Å². The van der Waals surface area contributed by atoms with Gasteiger partial charge in [0.1, 0.15) is 11.4 Å². The van der Waals surface area contributed by atoms with Crippen LogP contribution in [0.2, 0.25) is 0 Å². The molecule has 2 N–H and O–H groups in total. The minimum atomic E-state index is -0.516. The zero-order valence-corrected chi connectivity index (χ0v) is 14.5. The summed E-state index contributed by atoms with van der Waals surface area (Å²) in [7, 11) is 0. The van der Waals surface area contributed by atoms with Crippen molar-refractivity contribution in [1.29, 1.82) is 0 Å². The lowest BCUT2D eigenvalue weighted by Gasteiger charge is -2.19. The Hall–Kier alpha value is -1.76. The molecule has 0 atom stereocenters. The van der Waals surface area contributed by atoms with Crippen LogP contribution in [-0.4, -0.2) is 35.7 Å². The van der Waals surface area contributed by atoms with Crippen LogP contribution in [0.5, 0.6) is 0 Å². The zero-order chi connectivity index (χ0) is 17.3. The van der Waals surface area contributed by atoms with Gasteiger partial charge in [0.15, 0.2) is 0 Å². The van der Waals surface area contributed by atoms with Crippen LogP contribution in [0, 0.1) is 5.82 Å². The molecule has 23 heavy (non-hydrogen) atoms. The SMILES string of the molecule is CC(C)(C)OC(=O)NCCSCC(=O)NCc1ccc(F)cc1. The van der Waals surface area contributed by atoms with E-state index in [2.05, 4.69) is 10.6 Å². The minimum absolute atomic E-state index is 0.100. The molecule has 1 rings (SSSR count).